The van der Waals surface area contributed by atoms with Crippen molar-refractivity contribution in [2.24, 2.45) is 0 Å². The highest BCUT2D eigenvalue weighted by molar-refractivity contribution is 6.17. The molecule has 9 rings (SSSR count). The molecule has 4 aromatic heterocycles. The van der Waals surface area contributed by atoms with E-state index in [0.29, 0.717) is 0 Å². The molecule has 0 spiro atoms. The fourth-order valence-corrected chi connectivity index (χ4v) is 6.21. The summed E-state index contributed by atoms with van der Waals surface area (Å²) in [6.07, 6.45) is 0. The molecule has 0 N–H and O–H groups in total. The molecule has 182 valence electrons. The van der Waals surface area contributed by atoms with Crippen LogP contribution in [0.25, 0.3) is 77.2 Å². The molecule has 5 aromatic carbocycles. The van der Waals surface area contributed by atoms with Gasteiger partial charge in [0.25, 0.3) is 0 Å². The normalized spacial score (nSPS) is 12.1. The van der Waals surface area contributed by atoms with Gasteiger partial charge in [-0.15, -0.1) is 0 Å². The minimum Gasteiger partial charge on any atom is -0.456 e. The van der Waals surface area contributed by atoms with E-state index in [1.165, 1.54) is 10.8 Å². The molecule has 0 atom stereocenters. The van der Waals surface area contributed by atoms with Crippen molar-refractivity contribution in [2.45, 2.75) is 0 Å². The predicted octanol–water partition coefficient (Wildman–Crippen LogP) is 9.18. The molecule has 0 amide bonds. The Labute approximate surface area is 222 Å². The van der Waals surface area contributed by atoms with Crippen LogP contribution >= 0.6 is 0 Å². The van der Waals surface area contributed by atoms with Gasteiger partial charge in [-0.05, 0) is 54.6 Å². The lowest BCUT2D eigenvalue weighted by Crippen LogP contribution is -1.98. The Morgan fingerprint density at radius 3 is 1.69 bits per heavy atom. The second-order valence-electron chi connectivity index (χ2n) is 10.1. The second kappa shape index (κ2) is 7.59. The van der Waals surface area contributed by atoms with Crippen LogP contribution in [0, 0.1) is 0 Å². The molecule has 9 aromatic rings. The molecule has 0 aliphatic heterocycles. The van der Waals surface area contributed by atoms with Gasteiger partial charge in [-0.1, -0.05) is 72.8 Å². The molecular formula is C35H21N3O. The summed E-state index contributed by atoms with van der Waals surface area (Å²) in [6, 6.07) is 44.6. The molecule has 4 nitrogen and oxygen atoms in total. The SMILES string of the molecule is c1ccc(-n2c3ccccc3c3cc4c5ccccc5n(-c5ccc6oc7ccccc7c6c5)c4nc32)cc1. The van der Waals surface area contributed by atoms with Crippen molar-refractivity contribution in [1.82, 2.24) is 14.1 Å². The van der Waals surface area contributed by atoms with Crippen LogP contribution in [0.3, 0.4) is 0 Å². The van der Waals surface area contributed by atoms with Crippen molar-refractivity contribution >= 4 is 65.8 Å². The van der Waals surface area contributed by atoms with E-state index < -0.39 is 0 Å². The minimum absolute atomic E-state index is 0.889. The average Bonchev–Trinajstić information content (AvgIpc) is 3.63. The van der Waals surface area contributed by atoms with Gasteiger partial charge >= 0.3 is 0 Å². The fourth-order valence-electron chi connectivity index (χ4n) is 6.21. The summed E-state index contributed by atoms with van der Waals surface area (Å²) >= 11 is 0. The molecule has 0 fully saturated rings. The van der Waals surface area contributed by atoms with Crippen molar-refractivity contribution in [3.8, 4) is 11.4 Å². The Balaban J connectivity index is 1.44. The average molecular weight is 500 g/mol. The number of benzene rings is 5. The molecule has 0 unspecified atom stereocenters. The maximum absolute atomic E-state index is 6.13. The summed E-state index contributed by atoms with van der Waals surface area (Å²) in [6.45, 7) is 0. The smallest absolute Gasteiger partial charge is 0.148 e. The molecule has 0 saturated carbocycles. The lowest BCUT2D eigenvalue weighted by atomic mass is 10.1. The maximum Gasteiger partial charge on any atom is 0.148 e. The van der Waals surface area contributed by atoms with Crippen molar-refractivity contribution < 1.29 is 4.42 Å². The van der Waals surface area contributed by atoms with E-state index in [1.807, 2.05) is 12.1 Å². The monoisotopic (exact) mass is 499 g/mol. The first-order chi connectivity index (χ1) is 19.3. The third kappa shape index (κ3) is 2.80. The van der Waals surface area contributed by atoms with Gasteiger partial charge in [0.2, 0.25) is 0 Å². The van der Waals surface area contributed by atoms with Crippen molar-refractivity contribution in [3.05, 3.63) is 127 Å². The van der Waals surface area contributed by atoms with Crippen LogP contribution in [0.2, 0.25) is 0 Å². The van der Waals surface area contributed by atoms with Crippen molar-refractivity contribution in [2.75, 3.05) is 0 Å². The summed E-state index contributed by atoms with van der Waals surface area (Å²) in [5.74, 6) is 0. The van der Waals surface area contributed by atoms with Gasteiger partial charge in [-0.2, -0.15) is 0 Å². The van der Waals surface area contributed by atoms with Gasteiger partial charge in [0, 0.05) is 43.7 Å². The number of hydrogen-bond acceptors (Lipinski definition) is 2. The van der Waals surface area contributed by atoms with Crippen LogP contribution in [-0.4, -0.2) is 14.1 Å². The standard InChI is InChI=1S/C35H21N3O/c1-2-10-22(11-3-1)37-30-15-7-4-12-24(30)28-21-29-25-13-5-8-16-31(25)38(35(29)36-34(28)37)23-18-19-33-27(20-23)26-14-6-9-17-32(26)39-33/h1-21H. The first kappa shape index (κ1) is 20.7. The van der Waals surface area contributed by atoms with Crippen LogP contribution < -0.4 is 0 Å². The molecular weight excluding hydrogens is 478 g/mol. The molecule has 0 saturated heterocycles. The van der Waals surface area contributed by atoms with Crippen LogP contribution in [0.4, 0.5) is 0 Å². The zero-order chi connectivity index (χ0) is 25.5. The van der Waals surface area contributed by atoms with Crippen LogP contribution in [0.15, 0.2) is 132 Å². The molecule has 4 heteroatoms. The van der Waals surface area contributed by atoms with E-state index in [2.05, 4.69) is 124 Å². The number of furan rings is 1. The molecule has 0 bridgehead atoms. The van der Waals surface area contributed by atoms with E-state index in [4.69, 9.17) is 9.40 Å². The summed E-state index contributed by atoms with van der Waals surface area (Å²) < 4.78 is 10.7. The van der Waals surface area contributed by atoms with Crippen LogP contribution in [0.1, 0.15) is 0 Å². The molecule has 0 aliphatic rings. The Morgan fingerprint density at radius 1 is 0.410 bits per heavy atom. The van der Waals surface area contributed by atoms with Gasteiger partial charge < -0.3 is 4.42 Å². The minimum atomic E-state index is 0.889. The number of pyridine rings is 1. The number of nitrogens with zero attached hydrogens (tertiary/aromatic N) is 3. The Bertz CT molecular complexity index is 2390. The number of fused-ring (bicyclic) bond motifs is 9. The largest absolute Gasteiger partial charge is 0.456 e. The topological polar surface area (TPSA) is 35.9 Å². The van der Waals surface area contributed by atoms with E-state index in [9.17, 15) is 0 Å². The zero-order valence-corrected chi connectivity index (χ0v) is 20.9. The third-order valence-electron chi connectivity index (χ3n) is 7.91. The Kier molecular flexibility index (Phi) is 4.02. The highest BCUT2D eigenvalue weighted by atomic mass is 16.3. The number of aromatic nitrogens is 3. The quantitative estimate of drug-likeness (QED) is 0.238. The van der Waals surface area contributed by atoms with Crippen LogP contribution in [-0.2, 0) is 0 Å². The van der Waals surface area contributed by atoms with Crippen molar-refractivity contribution in [3.63, 3.8) is 0 Å². The Hall–Kier alpha value is -5.35. The number of rotatable bonds is 2. The molecule has 0 radical (unpaired) electrons. The van der Waals surface area contributed by atoms with E-state index >= 15 is 0 Å². The summed E-state index contributed by atoms with van der Waals surface area (Å²) in [7, 11) is 0. The highest BCUT2D eigenvalue weighted by Crippen LogP contribution is 2.38. The van der Waals surface area contributed by atoms with E-state index in [1.54, 1.807) is 0 Å². The number of para-hydroxylation sites is 4. The van der Waals surface area contributed by atoms with E-state index in [0.717, 1.165) is 66.4 Å². The molecule has 39 heavy (non-hydrogen) atoms. The van der Waals surface area contributed by atoms with Crippen LogP contribution in [0.5, 0.6) is 0 Å². The first-order valence-electron chi connectivity index (χ1n) is 13.2. The van der Waals surface area contributed by atoms with Gasteiger partial charge in [0.05, 0.1) is 11.0 Å². The maximum atomic E-state index is 6.13. The lowest BCUT2D eigenvalue weighted by Gasteiger charge is -2.09. The first-order valence-corrected chi connectivity index (χ1v) is 13.2. The zero-order valence-electron chi connectivity index (χ0n) is 20.9. The predicted molar refractivity (Wildman–Crippen MR) is 160 cm³/mol. The number of hydrogen-bond donors (Lipinski definition) is 0. The fraction of sp³-hybridized carbons (Fsp3) is 0. The third-order valence-corrected chi connectivity index (χ3v) is 7.91. The second-order valence-corrected chi connectivity index (χ2v) is 10.1. The molecule has 0 aliphatic carbocycles. The lowest BCUT2D eigenvalue weighted by molar-refractivity contribution is 0.669. The summed E-state index contributed by atoms with van der Waals surface area (Å²) in [4.78, 5) is 5.44. The summed E-state index contributed by atoms with van der Waals surface area (Å²) in [5, 5.41) is 6.92. The molecule has 4 heterocycles. The van der Waals surface area contributed by atoms with Gasteiger partial charge in [-0.25, -0.2) is 4.98 Å². The van der Waals surface area contributed by atoms with Crippen molar-refractivity contribution in [1.29, 1.82) is 0 Å². The highest BCUT2D eigenvalue weighted by Gasteiger charge is 2.20. The Morgan fingerprint density at radius 2 is 0.974 bits per heavy atom. The summed E-state index contributed by atoms with van der Waals surface area (Å²) in [5.41, 5.74) is 8.14. The van der Waals surface area contributed by atoms with E-state index in [-0.39, 0.29) is 0 Å². The van der Waals surface area contributed by atoms with Gasteiger partial charge in [0.15, 0.2) is 0 Å². The van der Waals surface area contributed by atoms with Gasteiger partial charge in [0.1, 0.15) is 22.5 Å². The van der Waals surface area contributed by atoms with Gasteiger partial charge in [-0.3, -0.25) is 9.13 Å².